The van der Waals surface area contributed by atoms with Gasteiger partial charge in [-0.25, -0.2) is 4.42 Å². The zero-order chi connectivity index (χ0) is 11.3. The molecule has 0 saturated carbocycles. The number of hydrogen-bond acceptors (Lipinski definition) is 1. The highest BCUT2D eigenvalue weighted by atomic mass is 35.5. The van der Waals surface area contributed by atoms with Gasteiger partial charge in [0.25, 0.3) is 0 Å². The molecule has 2 nitrogen and oxygen atoms in total. The Balaban J connectivity index is 2.89. The zero-order valence-corrected chi connectivity index (χ0v) is 9.92. The molecular formula is C12H16ClNO. The van der Waals surface area contributed by atoms with Crippen LogP contribution in [-0.2, 0) is 11.2 Å². The highest BCUT2D eigenvalue weighted by Gasteiger charge is 2.14. The molecule has 0 fully saturated rings. The number of carbonyl (C=O) groups excluding carboxylic acids is 1. The first-order valence-corrected chi connectivity index (χ1v) is 5.61. The molecule has 0 heterocycles. The van der Waals surface area contributed by atoms with Gasteiger partial charge in [-0.05, 0) is 24.5 Å². The third-order valence-corrected chi connectivity index (χ3v) is 2.64. The standard InChI is InChI=1S/C12H16ClNO/c1-3-7-12(15)14(13)11-9-6-5-8-10(11)4-2/h5-6,8-9H,3-4,7H2,1-2H3. The molecule has 1 amide bonds. The van der Waals surface area contributed by atoms with E-state index in [1.807, 2.05) is 38.1 Å². The first-order chi connectivity index (χ1) is 7.20. The van der Waals surface area contributed by atoms with E-state index in [4.69, 9.17) is 11.8 Å². The minimum absolute atomic E-state index is 0.0416. The summed E-state index contributed by atoms with van der Waals surface area (Å²) in [5, 5.41) is 0. The van der Waals surface area contributed by atoms with Crippen molar-refractivity contribution in [3.8, 4) is 0 Å². The Morgan fingerprint density at radius 3 is 2.60 bits per heavy atom. The van der Waals surface area contributed by atoms with Crippen LogP contribution in [-0.4, -0.2) is 5.91 Å². The molecule has 3 heteroatoms. The second kappa shape index (κ2) is 5.76. The third kappa shape index (κ3) is 2.96. The van der Waals surface area contributed by atoms with E-state index >= 15 is 0 Å². The van der Waals surface area contributed by atoms with Crippen LogP contribution in [0.2, 0.25) is 0 Å². The summed E-state index contributed by atoms with van der Waals surface area (Å²) in [4.78, 5) is 11.6. The molecule has 0 unspecified atom stereocenters. The van der Waals surface area contributed by atoms with E-state index in [0.717, 1.165) is 24.1 Å². The predicted octanol–water partition coefficient (Wildman–Crippen LogP) is 3.54. The highest BCUT2D eigenvalue weighted by Crippen LogP contribution is 2.23. The van der Waals surface area contributed by atoms with E-state index in [2.05, 4.69) is 0 Å². The maximum atomic E-state index is 11.6. The monoisotopic (exact) mass is 225 g/mol. The smallest absolute Gasteiger partial charge is 0.241 e. The van der Waals surface area contributed by atoms with Crippen LogP contribution in [0.5, 0.6) is 0 Å². The van der Waals surface area contributed by atoms with Crippen molar-refractivity contribution in [2.24, 2.45) is 0 Å². The minimum Gasteiger partial charge on any atom is -0.273 e. The maximum Gasteiger partial charge on any atom is 0.241 e. The molecule has 1 aromatic carbocycles. The minimum atomic E-state index is -0.0416. The Hall–Kier alpha value is -1.02. The average molecular weight is 226 g/mol. The van der Waals surface area contributed by atoms with Gasteiger partial charge in [-0.1, -0.05) is 32.0 Å². The summed E-state index contributed by atoms with van der Waals surface area (Å²) in [5.41, 5.74) is 1.90. The molecule has 0 saturated heterocycles. The van der Waals surface area contributed by atoms with E-state index < -0.39 is 0 Å². The zero-order valence-electron chi connectivity index (χ0n) is 9.16. The molecule has 0 bridgehead atoms. The van der Waals surface area contributed by atoms with Gasteiger partial charge in [0.15, 0.2) is 0 Å². The fourth-order valence-corrected chi connectivity index (χ4v) is 1.70. The topological polar surface area (TPSA) is 20.3 Å². The summed E-state index contributed by atoms with van der Waals surface area (Å²) in [6.07, 6.45) is 2.18. The van der Waals surface area contributed by atoms with E-state index in [1.165, 1.54) is 4.42 Å². The number of benzene rings is 1. The molecule has 82 valence electrons. The van der Waals surface area contributed by atoms with Crippen LogP contribution in [0.4, 0.5) is 5.69 Å². The normalized spacial score (nSPS) is 10.1. The summed E-state index contributed by atoms with van der Waals surface area (Å²) < 4.78 is 1.24. The Morgan fingerprint density at radius 2 is 2.00 bits per heavy atom. The van der Waals surface area contributed by atoms with Crippen molar-refractivity contribution < 1.29 is 4.79 Å². The summed E-state index contributed by atoms with van der Waals surface area (Å²) in [7, 11) is 0. The molecule has 0 spiro atoms. The van der Waals surface area contributed by atoms with Gasteiger partial charge in [0.1, 0.15) is 0 Å². The first kappa shape index (κ1) is 12.1. The molecule has 15 heavy (non-hydrogen) atoms. The van der Waals surface area contributed by atoms with Crippen LogP contribution < -0.4 is 4.42 Å². The number of aryl methyl sites for hydroxylation is 1. The number of rotatable bonds is 4. The van der Waals surface area contributed by atoms with Crippen molar-refractivity contribution in [2.45, 2.75) is 33.1 Å². The van der Waals surface area contributed by atoms with Crippen molar-refractivity contribution in [2.75, 3.05) is 4.42 Å². The number of anilines is 1. The fraction of sp³-hybridized carbons (Fsp3) is 0.417. The van der Waals surface area contributed by atoms with Crippen molar-refractivity contribution >= 4 is 23.4 Å². The number of carbonyl (C=O) groups is 1. The SMILES string of the molecule is CCCC(=O)N(Cl)c1ccccc1CC. The first-order valence-electron chi connectivity index (χ1n) is 5.27. The second-order valence-corrected chi connectivity index (χ2v) is 3.74. The number of nitrogens with zero attached hydrogens (tertiary/aromatic N) is 1. The molecular weight excluding hydrogens is 210 g/mol. The molecule has 0 aromatic heterocycles. The number of halogens is 1. The summed E-state index contributed by atoms with van der Waals surface area (Å²) >= 11 is 6.00. The lowest BCUT2D eigenvalue weighted by Crippen LogP contribution is -2.21. The van der Waals surface area contributed by atoms with Crippen LogP contribution in [0, 0.1) is 0 Å². The van der Waals surface area contributed by atoms with Gasteiger partial charge >= 0.3 is 0 Å². The number of para-hydroxylation sites is 1. The van der Waals surface area contributed by atoms with Gasteiger partial charge < -0.3 is 0 Å². The Bertz CT molecular complexity index is 338. The van der Waals surface area contributed by atoms with Crippen molar-refractivity contribution in [1.29, 1.82) is 0 Å². The van der Waals surface area contributed by atoms with Crippen LogP contribution in [0.25, 0.3) is 0 Å². The summed E-state index contributed by atoms with van der Waals surface area (Å²) in [5.74, 6) is -0.0416. The predicted molar refractivity (Wildman–Crippen MR) is 64.1 cm³/mol. The van der Waals surface area contributed by atoms with Crippen LogP contribution in [0.3, 0.4) is 0 Å². The quantitative estimate of drug-likeness (QED) is 0.718. The highest BCUT2D eigenvalue weighted by molar-refractivity contribution is 6.36. The van der Waals surface area contributed by atoms with Gasteiger partial charge in [0.05, 0.1) is 5.69 Å². The number of hydrogen-bond donors (Lipinski definition) is 0. The molecule has 0 atom stereocenters. The fourth-order valence-electron chi connectivity index (χ4n) is 1.45. The van der Waals surface area contributed by atoms with E-state index in [-0.39, 0.29) is 5.91 Å². The van der Waals surface area contributed by atoms with Gasteiger partial charge in [0, 0.05) is 18.2 Å². The molecule has 0 aliphatic heterocycles. The lowest BCUT2D eigenvalue weighted by molar-refractivity contribution is -0.117. The van der Waals surface area contributed by atoms with Crippen LogP contribution in [0.1, 0.15) is 32.3 Å². The van der Waals surface area contributed by atoms with Gasteiger partial charge in [0.2, 0.25) is 5.91 Å². The molecule has 0 aliphatic carbocycles. The van der Waals surface area contributed by atoms with Crippen molar-refractivity contribution in [1.82, 2.24) is 0 Å². The third-order valence-electron chi connectivity index (χ3n) is 2.27. The Labute approximate surface area is 96.0 Å². The van der Waals surface area contributed by atoms with Crippen molar-refractivity contribution in [3.63, 3.8) is 0 Å². The average Bonchev–Trinajstić information content (AvgIpc) is 2.28. The number of amides is 1. The Morgan fingerprint density at radius 1 is 1.33 bits per heavy atom. The summed E-state index contributed by atoms with van der Waals surface area (Å²) in [6, 6.07) is 7.71. The van der Waals surface area contributed by atoms with Gasteiger partial charge in [-0.3, -0.25) is 4.79 Å². The van der Waals surface area contributed by atoms with E-state index in [0.29, 0.717) is 6.42 Å². The molecule has 1 aromatic rings. The van der Waals surface area contributed by atoms with Crippen LogP contribution in [0.15, 0.2) is 24.3 Å². The molecule has 0 radical (unpaired) electrons. The van der Waals surface area contributed by atoms with Crippen molar-refractivity contribution in [3.05, 3.63) is 29.8 Å². The summed E-state index contributed by atoms with van der Waals surface area (Å²) in [6.45, 7) is 4.02. The largest absolute Gasteiger partial charge is 0.273 e. The molecule has 0 N–H and O–H groups in total. The lowest BCUT2D eigenvalue weighted by Gasteiger charge is -2.16. The van der Waals surface area contributed by atoms with E-state index in [1.54, 1.807) is 0 Å². The van der Waals surface area contributed by atoms with Crippen LogP contribution >= 0.6 is 11.8 Å². The second-order valence-electron chi connectivity index (χ2n) is 3.41. The lowest BCUT2D eigenvalue weighted by atomic mass is 10.1. The van der Waals surface area contributed by atoms with Gasteiger partial charge in [-0.15, -0.1) is 0 Å². The molecule has 1 rings (SSSR count). The molecule has 0 aliphatic rings. The Kier molecular flexibility index (Phi) is 4.63. The maximum absolute atomic E-state index is 11.6. The van der Waals surface area contributed by atoms with Gasteiger partial charge in [-0.2, -0.15) is 0 Å². The van der Waals surface area contributed by atoms with E-state index in [9.17, 15) is 4.79 Å².